The van der Waals surface area contributed by atoms with E-state index in [4.69, 9.17) is 4.74 Å². The summed E-state index contributed by atoms with van der Waals surface area (Å²) in [6.45, 7) is 8.96. The standard InChI is InChI=1S/C19H24N2O2/c1-13-9-17(23-5)16(19(2,3)4)10-15(13)12-21-18(22)14-7-6-8-20-11-14/h6-11H,12H2,1-5H3,(H,21,22). The first-order chi connectivity index (χ1) is 10.8. The largest absolute Gasteiger partial charge is 0.496 e. The summed E-state index contributed by atoms with van der Waals surface area (Å²) < 4.78 is 5.51. The number of aryl methyl sites for hydroxylation is 1. The van der Waals surface area contributed by atoms with Crippen LogP contribution in [-0.4, -0.2) is 18.0 Å². The van der Waals surface area contributed by atoms with Gasteiger partial charge in [-0.2, -0.15) is 0 Å². The van der Waals surface area contributed by atoms with E-state index in [1.165, 1.54) is 0 Å². The van der Waals surface area contributed by atoms with Crippen molar-refractivity contribution in [3.8, 4) is 5.75 Å². The van der Waals surface area contributed by atoms with E-state index in [-0.39, 0.29) is 11.3 Å². The van der Waals surface area contributed by atoms with E-state index in [1.54, 1.807) is 31.6 Å². The molecule has 0 atom stereocenters. The van der Waals surface area contributed by atoms with Gasteiger partial charge in [0.2, 0.25) is 0 Å². The number of nitrogens with one attached hydrogen (secondary N) is 1. The molecular weight excluding hydrogens is 288 g/mol. The van der Waals surface area contributed by atoms with Crippen LogP contribution in [0.1, 0.15) is 47.8 Å². The van der Waals surface area contributed by atoms with Crippen molar-refractivity contribution < 1.29 is 9.53 Å². The van der Waals surface area contributed by atoms with Gasteiger partial charge in [0, 0.05) is 18.9 Å². The van der Waals surface area contributed by atoms with Crippen LogP contribution in [0.3, 0.4) is 0 Å². The molecule has 0 bridgehead atoms. The molecule has 0 spiro atoms. The zero-order valence-electron chi connectivity index (χ0n) is 14.4. The Labute approximate surface area is 137 Å². The van der Waals surface area contributed by atoms with Crippen LogP contribution in [0.2, 0.25) is 0 Å². The zero-order valence-corrected chi connectivity index (χ0v) is 14.4. The van der Waals surface area contributed by atoms with Gasteiger partial charge in [-0.25, -0.2) is 0 Å². The van der Waals surface area contributed by atoms with Crippen molar-refractivity contribution in [3.63, 3.8) is 0 Å². The van der Waals surface area contributed by atoms with Crippen LogP contribution in [0.4, 0.5) is 0 Å². The quantitative estimate of drug-likeness (QED) is 0.938. The minimum atomic E-state index is -0.120. The fourth-order valence-corrected chi connectivity index (χ4v) is 2.45. The molecule has 0 aliphatic carbocycles. The molecule has 1 heterocycles. The first kappa shape index (κ1) is 17.0. The molecule has 0 aliphatic heterocycles. The van der Waals surface area contributed by atoms with Crippen LogP contribution in [0, 0.1) is 6.92 Å². The molecule has 0 saturated heterocycles. The number of pyridine rings is 1. The summed E-state index contributed by atoms with van der Waals surface area (Å²) in [5.41, 5.74) is 3.86. The minimum absolute atomic E-state index is 0.0266. The molecule has 0 fully saturated rings. The predicted molar refractivity (Wildman–Crippen MR) is 91.8 cm³/mol. The number of hydrogen-bond donors (Lipinski definition) is 1. The van der Waals surface area contributed by atoms with Gasteiger partial charge in [-0.1, -0.05) is 20.8 Å². The average Bonchev–Trinajstić information content (AvgIpc) is 2.52. The van der Waals surface area contributed by atoms with Gasteiger partial charge in [-0.3, -0.25) is 9.78 Å². The number of hydrogen-bond acceptors (Lipinski definition) is 3. The molecule has 0 saturated carbocycles. The van der Waals surface area contributed by atoms with E-state index < -0.39 is 0 Å². The van der Waals surface area contributed by atoms with E-state index in [0.717, 1.165) is 22.4 Å². The van der Waals surface area contributed by atoms with Crippen LogP contribution >= 0.6 is 0 Å². The van der Waals surface area contributed by atoms with Crippen molar-refractivity contribution in [1.29, 1.82) is 0 Å². The van der Waals surface area contributed by atoms with E-state index in [0.29, 0.717) is 12.1 Å². The molecular formula is C19H24N2O2. The topological polar surface area (TPSA) is 51.2 Å². The van der Waals surface area contributed by atoms with E-state index in [9.17, 15) is 4.79 Å². The molecule has 0 unspecified atom stereocenters. The Hall–Kier alpha value is -2.36. The van der Waals surface area contributed by atoms with Gasteiger partial charge in [0.15, 0.2) is 0 Å². The molecule has 0 radical (unpaired) electrons. The van der Waals surface area contributed by atoms with Gasteiger partial charge in [0.25, 0.3) is 5.91 Å². The van der Waals surface area contributed by atoms with E-state index in [1.807, 2.05) is 13.0 Å². The second kappa shape index (κ2) is 6.82. The van der Waals surface area contributed by atoms with Gasteiger partial charge >= 0.3 is 0 Å². The first-order valence-corrected chi connectivity index (χ1v) is 7.69. The van der Waals surface area contributed by atoms with Crippen LogP contribution in [-0.2, 0) is 12.0 Å². The Balaban J connectivity index is 2.22. The Bertz CT molecular complexity index is 689. The average molecular weight is 312 g/mol. The van der Waals surface area contributed by atoms with Gasteiger partial charge in [0.1, 0.15) is 5.75 Å². The second-order valence-electron chi connectivity index (χ2n) is 6.65. The molecule has 1 N–H and O–H groups in total. The van der Waals surface area contributed by atoms with Crippen molar-refractivity contribution in [2.24, 2.45) is 0 Å². The molecule has 1 aromatic heterocycles. The molecule has 1 amide bonds. The van der Waals surface area contributed by atoms with Gasteiger partial charge in [0.05, 0.1) is 12.7 Å². The maximum Gasteiger partial charge on any atom is 0.253 e. The fourth-order valence-electron chi connectivity index (χ4n) is 2.45. The maximum absolute atomic E-state index is 12.2. The van der Waals surface area contributed by atoms with E-state index in [2.05, 4.69) is 37.1 Å². The summed E-state index contributed by atoms with van der Waals surface area (Å²) in [5, 5.41) is 2.95. The number of rotatable bonds is 4. The number of carbonyl (C=O) groups is 1. The molecule has 4 nitrogen and oxygen atoms in total. The lowest BCUT2D eigenvalue weighted by Gasteiger charge is -2.24. The number of carbonyl (C=O) groups excluding carboxylic acids is 1. The molecule has 1 aromatic carbocycles. The highest BCUT2D eigenvalue weighted by Gasteiger charge is 2.20. The van der Waals surface area contributed by atoms with Gasteiger partial charge in [-0.05, 0) is 53.3 Å². The number of amides is 1. The highest BCUT2D eigenvalue weighted by molar-refractivity contribution is 5.93. The number of methoxy groups -OCH3 is 1. The van der Waals surface area contributed by atoms with Crippen LogP contribution < -0.4 is 10.1 Å². The molecule has 0 aliphatic rings. The highest BCUT2D eigenvalue weighted by Crippen LogP contribution is 2.33. The molecule has 122 valence electrons. The van der Waals surface area contributed by atoms with E-state index >= 15 is 0 Å². The summed E-state index contributed by atoms with van der Waals surface area (Å²) in [5.74, 6) is 0.767. The summed E-state index contributed by atoms with van der Waals surface area (Å²) in [6, 6.07) is 7.67. The van der Waals surface area contributed by atoms with Crippen LogP contribution in [0.25, 0.3) is 0 Å². The van der Waals surface area contributed by atoms with Crippen LogP contribution in [0.5, 0.6) is 5.75 Å². The van der Waals surface area contributed by atoms with Crippen molar-refractivity contribution >= 4 is 5.91 Å². The third-order valence-corrected chi connectivity index (χ3v) is 3.83. The third-order valence-electron chi connectivity index (χ3n) is 3.83. The highest BCUT2D eigenvalue weighted by atomic mass is 16.5. The van der Waals surface area contributed by atoms with Crippen molar-refractivity contribution in [1.82, 2.24) is 10.3 Å². The Morgan fingerprint density at radius 2 is 2.04 bits per heavy atom. The SMILES string of the molecule is COc1cc(C)c(CNC(=O)c2cccnc2)cc1C(C)(C)C. The first-order valence-electron chi connectivity index (χ1n) is 7.69. The monoisotopic (exact) mass is 312 g/mol. The zero-order chi connectivity index (χ0) is 17.0. The fraction of sp³-hybridized carbons (Fsp3) is 0.368. The van der Waals surface area contributed by atoms with Crippen molar-refractivity contribution in [3.05, 3.63) is 58.9 Å². The molecule has 2 aromatic rings. The summed E-state index contributed by atoms with van der Waals surface area (Å²) in [7, 11) is 1.69. The number of nitrogens with zero attached hydrogens (tertiary/aromatic N) is 1. The van der Waals surface area contributed by atoms with Crippen molar-refractivity contribution in [2.45, 2.75) is 39.7 Å². The number of aromatic nitrogens is 1. The lowest BCUT2D eigenvalue weighted by molar-refractivity contribution is 0.0950. The Morgan fingerprint density at radius 3 is 2.61 bits per heavy atom. The van der Waals surface area contributed by atoms with Gasteiger partial charge in [-0.15, -0.1) is 0 Å². The lowest BCUT2D eigenvalue weighted by atomic mass is 9.84. The summed E-state index contributed by atoms with van der Waals surface area (Å²) in [6.07, 6.45) is 3.22. The molecule has 23 heavy (non-hydrogen) atoms. The molecule has 2 rings (SSSR count). The smallest absolute Gasteiger partial charge is 0.253 e. The maximum atomic E-state index is 12.2. The van der Waals surface area contributed by atoms with Crippen molar-refractivity contribution in [2.75, 3.05) is 7.11 Å². The molecule has 4 heteroatoms. The third kappa shape index (κ3) is 4.09. The minimum Gasteiger partial charge on any atom is -0.496 e. The van der Waals surface area contributed by atoms with Crippen LogP contribution in [0.15, 0.2) is 36.7 Å². The predicted octanol–water partition coefficient (Wildman–Crippen LogP) is 3.63. The summed E-state index contributed by atoms with van der Waals surface area (Å²) in [4.78, 5) is 16.1. The number of ether oxygens (including phenoxy) is 1. The normalized spacial score (nSPS) is 11.2. The lowest BCUT2D eigenvalue weighted by Crippen LogP contribution is -2.24. The van der Waals surface area contributed by atoms with Gasteiger partial charge < -0.3 is 10.1 Å². The second-order valence-corrected chi connectivity index (χ2v) is 6.65. The summed E-state index contributed by atoms with van der Waals surface area (Å²) >= 11 is 0. The Kier molecular flexibility index (Phi) is 5.04. The Morgan fingerprint density at radius 1 is 1.30 bits per heavy atom. The number of benzene rings is 1.